The summed E-state index contributed by atoms with van der Waals surface area (Å²) in [5, 5.41) is 0. The Morgan fingerprint density at radius 3 is 2.15 bits per heavy atom. The van der Waals surface area contributed by atoms with Crippen molar-refractivity contribution in [2.45, 2.75) is 25.2 Å². The molecular formula is C30H26BrN3O6. The molecule has 3 aromatic rings. The third kappa shape index (κ3) is 5.81. The zero-order valence-corrected chi connectivity index (χ0v) is 22.9. The Morgan fingerprint density at radius 1 is 0.800 bits per heavy atom. The van der Waals surface area contributed by atoms with Gasteiger partial charge in [0.15, 0.2) is 6.61 Å². The van der Waals surface area contributed by atoms with Gasteiger partial charge in [0, 0.05) is 10.0 Å². The molecule has 2 aliphatic rings. The lowest BCUT2D eigenvalue weighted by molar-refractivity contribution is -0.125. The molecule has 1 saturated heterocycles. The Hall–Kier alpha value is -4.31. The van der Waals surface area contributed by atoms with E-state index in [4.69, 9.17) is 4.74 Å². The smallest absolute Gasteiger partial charge is 0.338 e. The second kappa shape index (κ2) is 11.8. The van der Waals surface area contributed by atoms with Crippen molar-refractivity contribution in [2.75, 3.05) is 11.5 Å². The second-order valence-electron chi connectivity index (χ2n) is 9.78. The highest BCUT2D eigenvalue weighted by atomic mass is 79.9. The summed E-state index contributed by atoms with van der Waals surface area (Å²) in [5.41, 5.74) is 6.50. The number of hydrogen-bond acceptors (Lipinski definition) is 6. The average Bonchev–Trinajstić information content (AvgIpc) is 3.24. The molecular weight excluding hydrogens is 578 g/mol. The number of imide groups is 1. The number of ether oxygens (including phenoxy) is 1. The Kier molecular flexibility index (Phi) is 8.06. The van der Waals surface area contributed by atoms with E-state index in [0.717, 1.165) is 10.9 Å². The van der Waals surface area contributed by atoms with E-state index in [-0.39, 0.29) is 35.1 Å². The minimum atomic E-state index is -0.764. The number of fused-ring (bicyclic) bond motifs is 1. The standard InChI is InChI=1S/C30H26BrN3O6/c31-22-11-6-19(7-12-22)27(36)33-32-26(35)17-40-30(39)20-8-13-23(14-9-20)34-28(37)24-15-10-21(16-25(24)29(34)38)18-4-2-1-3-5-18/h1-9,11-14,21,24-25H,10,15-17H2,(H,32,35)(H,33,36)/t21-,24-,25+/m1/s1. The first-order chi connectivity index (χ1) is 19.3. The van der Waals surface area contributed by atoms with Crippen LogP contribution in [-0.4, -0.2) is 36.2 Å². The number of nitrogens with zero attached hydrogens (tertiary/aromatic N) is 1. The quantitative estimate of drug-likeness (QED) is 0.248. The number of esters is 1. The van der Waals surface area contributed by atoms with Gasteiger partial charge in [-0.15, -0.1) is 0 Å². The minimum Gasteiger partial charge on any atom is -0.452 e. The second-order valence-corrected chi connectivity index (χ2v) is 10.7. The van der Waals surface area contributed by atoms with Gasteiger partial charge >= 0.3 is 5.97 Å². The molecule has 1 saturated carbocycles. The molecule has 0 spiro atoms. The van der Waals surface area contributed by atoms with Crippen LogP contribution in [0.25, 0.3) is 0 Å². The maximum absolute atomic E-state index is 13.3. The monoisotopic (exact) mass is 603 g/mol. The third-order valence-corrected chi connectivity index (χ3v) is 7.84. The number of amides is 4. The summed E-state index contributed by atoms with van der Waals surface area (Å²) in [6.07, 6.45) is 2.14. The third-order valence-electron chi connectivity index (χ3n) is 7.31. The molecule has 3 atom stereocenters. The van der Waals surface area contributed by atoms with Crippen molar-refractivity contribution in [3.63, 3.8) is 0 Å². The van der Waals surface area contributed by atoms with Crippen molar-refractivity contribution in [1.29, 1.82) is 0 Å². The predicted molar refractivity (Wildman–Crippen MR) is 149 cm³/mol. The van der Waals surface area contributed by atoms with E-state index >= 15 is 0 Å². The van der Waals surface area contributed by atoms with Crippen LogP contribution in [0.1, 0.15) is 51.5 Å². The summed E-state index contributed by atoms with van der Waals surface area (Å²) >= 11 is 3.28. The molecule has 4 amide bonds. The first-order valence-electron chi connectivity index (χ1n) is 12.9. The number of rotatable bonds is 6. The predicted octanol–water partition coefficient (Wildman–Crippen LogP) is 4.14. The number of benzene rings is 3. The van der Waals surface area contributed by atoms with Gasteiger partial charge in [-0.2, -0.15) is 0 Å². The molecule has 1 aliphatic carbocycles. The van der Waals surface area contributed by atoms with Gasteiger partial charge in [0.25, 0.3) is 11.8 Å². The van der Waals surface area contributed by atoms with Crippen LogP contribution in [0.4, 0.5) is 5.69 Å². The molecule has 2 fully saturated rings. The number of carbonyl (C=O) groups excluding carboxylic acids is 5. The molecule has 9 nitrogen and oxygen atoms in total. The minimum absolute atomic E-state index is 0.149. The Balaban J connectivity index is 1.14. The fraction of sp³-hybridized carbons (Fsp3) is 0.233. The van der Waals surface area contributed by atoms with E-state index in [0.29, 0.717) is 24.1 Å². The normalized spacial score (nSPS) is 20.0. The van der Waals surface area contributed by atoms with Crippen LogP contribution in [-0.2, 0) is 19.1 Å². The van der Waals surface area contributed by atoms with Gasteiger partial charge in [-0.3, -0.25) is 34.9 Å². The van der Waals surface area contributed by atoms with Gasteiger partial charge in [0.2, 0.25) is 11.8 Å². The van der Waals surface area contributed by atoms with Crippen LogP contribution >= 0.6 is 15.9 Å². The number of carbonyl (C=O) groups is 5. The maximum Gasteiger partial charge on any atom is 0.338 e. The van der Waals surface area contributed by atoms with Crippen LogP contribution in [0.2, 0.25) is 0 Å². The number of halogens is 1. The fourth-order valence-electron chi connectivity index (χ4n) is 5.26. The van der Waals surface area contributed by atoms with Gasteiger partial charge in [-0.05, 0) is 79.3 Å². The van der Waals surface area contributed by atoms with Gasteiger partial charge in [0.05, 0.1) is 23.1 Å². The number of anilines is 1. The van der Waals surface area contributed by atoms with Crippen LogP contribution in [0.5, 0.6) is 0 Å². The first kappa shape index (κ1) is 27.3. The van der Waals surface area contributed by atoms with E-state index in [2.05, 4.69) is 38.9 Å². The summed E-state index contributed by atoms with van der Waals surface area (Å²) in [6.45, 7) is -0.615. The fourth-order valence-corrected chi connectivity index (χ4v) is 5.52. The molecule has 5 rings (SSSR count). The number of nitrogens with one attached hydrogen (secondary N) is 2. The van der Waals surface area contributed by atoms with E-state index in [1.165, 1.54) is 34.7 Å². The van der Waals surface area contributed by atoms with E-state index in [1.807, 2.05) is 18.2 Å². The van der Waals surface area contributed by atoms with Crippen molar-refractivity contribution >= 4 is 51.2 Å². The zero-order chi connectivity index (χ0) is 28.2. The van der Waals surface area contributed by atoms with E-state index in [1.54, 1.807) is 24.3 Å². The van der Waals surface area contributed by atoms with E-state index < -0.39 is 24.4 Å². The highest BCUT2D eigenvalue weighted by Crippen LogP contribution is 2.45. The summed E-state index contributed by atoms with van der Waals surface area (Å²) < 4.78 is 5.83. The van der Waals surface area contributed by atoms with Gasteiger partial charge in [-0.25, -0.2) is 4.79 Å². The van der Waals surface area contributed by atoms with Crippen molar-refractivity contribution in [2.24, 2.45) is 11.8 Å². The molecule has 0 unspecified atom stereocenters. The van der Waals surface area contributed by atoms with Crippen molar-refractivity contribution < 1.29 is 28.7 Å². The average molecular weight is 604 g/mol. The highest BCUT2D eigenvalue weighted by Gasteiger charge is 2.50. The maximum atomic E-state index is 13.3. The lowest BCUT2D eigenvalue weighted by atomic mass is 9.73. The first-order valence-corrected chi connectivity index (χ1v) is 13.7. The molecule has 10 heteroatoms. The Bertz CT molecular complexity index is 1440. The van der Waals surface area contributed by atoms with Crippen LogP contribution < -0.4 is 15.8 Å². The van der Waals surface area contributed by atoms with Crippen molar-refractivity contribution in [3.05, 3.63) is 100 Å². The molecule has 0 bridgehead atoms. The van der Waals surface area contributed by atoms with Crippen LogP contribution in [0.3, 0.4) is 0 Å². The molecule has 1 heterocycles. The van der Waals surface area contributed by atoms with Crippen molar-refractivity contribution in [3.8, 4) is 0 Å². The summed E-state index contributed by atoms with van der Waals surface area (Å²) in [6, 6.07) is 22.5. The largest absolute Gasteiger partial charge is 0.452 e. The summed E-state index contributed by atoms with van der Waals surface area (Å²) in [5.74, 6) is -2.89. The molecule has 0 radical (unpaired) electrons. The van der Waals surface area contributed by atoms with Gasteiger partial charge < -0.3 is 4.74 Å². The molecule has 0 aromatic heterocycles. The van der Waals surface area contributed by atoms with Crippen LogP contribution in [0.15, 0.2) is 83.3 Å². The topological polar surface area (TPSA) is 122 Å². The Morgan fingerprint density at radius 2 is 1.45 bits per heavy atom. The SMILES string of the molecule is O=C(COC(=O)c1ccc(N2C(=O)[C@H]3C[C@H](c4ccccc4)CC[C@H]3C2=O)cc1)NNC(=O)c1ccc(Br)cc1. The lowest BCUT2D eigenvalue weighted by Crippen LogP contribution is -2.43. The zero-order valence-electron chi connectivity index (χ0n) is 21.3. The van der Waals surface area contributed by atoms with Crippen LogP contribution in [0, 0.1) is 11.8 Å². The summed E-state index contributed by atoms with van der Waals surface area (Å²) in [7, 11) is 0. The summed E-state index contributed by atoms with van der Waals surface area (Å²) in [4.78, 5) is 64.2. The molecule has 204 valence electrons. The number of hydrazine groups is 1. The molecule has 2 N–H and O–H groups in total. The molecule has 1 aliphatic heterocycles. The van der Waals surface area contributed by atoms with Gasteiger partial charge in [-0.1, -0.05) is 46.3 Å². The van der Waals surface area contributed by atoms with E-state index in [9.17, 15) is 24.0 Å². The lowest BCUT2D eigenvalue weighted by Gasteiger charge is -2.28. The molecule has 40 heavy (non-hydrogen) atoms. The number of hydrogen-bond donors (Lipinski definition) is 2. The molecule has 3 aromatic carbocycles. The van der Waals surface area contributed by atoms with Gasteiger partial charge in [0.1, 0.15) is 0 Å². The van der Waals surface area contributed by atoms with Crippen molar-refractivity contribution in [1.82, 2.24) is 10.9 Å². The Labute approximate surface area is 239 Å². The highest BCUT2D eigenvalue weighted by molar-refractivity contribution is 9.10.